The number of nitrogens with two attached hydrogens (primary N) is 1. The van der Waals surface area contributed by atoms with Crippen LogP contribution in [0.4, 0.5) is 13.6 Å². The molecule has 4 N–H and O–H groups in total. The number of carbonyl (C=O) groups is 1. The first-order chi connectivity index (χ1) is 17.7. The summed E-state index contributed by atoms with van der Waals surface area (Å²) in [6, 6.07) is 9.60. The molecular formula is C28H37F2N3O4. The summed E-state index contributed by atoms with van der Waals surface area (Å²) in [5, 5.41) is 22.4. The zero-order valence-electron chi connectivity index (χ0n) is 21.3. The van der Waals surface area contributed by atoms with Crippen LogP contribution in [0.5, 0.6) is 0 Å². The molecule has 4 rings (SSSR count). The summed E-state index contributed by atoms with van der Waals surface area (Å²) in [7, 11) is 1.62. The van der Waals surface area contributed by atoms with Crippen LogP contribution in [0.25, 0.3) is 11.1 Å². The first-order valence-electron chi connectivity index (χ1n) is 13.0. The standard InChI is InChI=1S/C28H37F2N3O4/c1-37-14-3-2-12-28(36,22-10-5-11-23(30)26(22)19-7-4-9-21(29)15-19)20-8-6-13-32(16-20)27(35)33-17-24(31)25(34)18-33/h4-5,7,9-11,15,20,24-25,34,36H,2-3,6,8,12-14,16-18,31H2,1H3. The quantitative estimate of drug-likeness (QED) is 0.466. The van der Waals surface area contributed by atoms with Crippen molar-refractivity contribution in [2.45, 2.75) is 49.9 Å². The van der Waals surface area contributed by atoms with E-state index >= 15 is 4.39 Å². The molecule has 2 aromatic rings. The van der Waals surface area contributed by atoms with Gasteiger partial charge in [-0.15, -0.1) is 0 Å². The summed E-state index contributed by atoms with van der Waals surface area (Å²) in [6.07, 6.45) is 2.23. The number of piperidine rings is 1. The second-order valence-corrected chi connectivity index (χ2v) is 10.3. The van der Waals surface area contributed by atoms with E-state index in [-0.39, 0.29) is 37.1 Å². The molecule has 2 saturated heterocycles. The number of ether oxygens (including phenoxy) is 1. The molecular weight excluding hydrogens is 480 g/mol. The number of nitrogens with zero attached hydrogens (tertiary/aromatic N) is 2. The molecule has 2 aromatic carbocycles. The van der Waals surface area contributed by atoms with Crippen LogP contribution >= 0.6 is 0 Å². The topological polar surface area (TPSA) is 99.3 Å². The highest BCUT2D eigenvalue weighted by molar-refractivity contribution is 5.75. The molecule has 7 nitrogen and oxygen atoms in total. The molecule has 2 fully saturated rings. The van der Waals surface area contributed by atoms with E-state index in [9.17, 15) is 19.4 Å². The maximum atomic E-state index is 15.3. The van der Waals surface area contributed by atoms with E-state index in [0.29, 0.717) is 56.4 Å². The summed E-state index contributed by atoms with van der Waals surface area (Å²) >= 11 is 0. The highest BCUT2D eigenvalue weighted by Gasteiger charge is 2.44. The molecule has 9 heteroatoms. The van der Waals surface area contributed by atoms with Gasteiger partial charge in [-0.25, -0.2) is 13.6 Å². The van der Waals surface area contributed by atoms with Crippen LogP contribution in [-0.2, 0) is 10.3 Å². The molecule has 2 aliphatic heterocycles. The number of halogens is 2. The van der Waals surface area contributed by atoms with E-state index in [2.05, 4.69) is 0 Å². The number of methoxy groups -OCH3 is 1. The number of urea groups is 1. The zero-order valence-corrected chi connectivity index (χ0v) is 21.3. The molecule has 0 saturated carbocycles. The number of unbranched alkanes of at least 4 members (excludes halogenated alkanes) is 1. The van der Waals surface area contributed by atoms with Gasteiger partial charge in [-0.3, -0.25) is 0 Å². The largest absolute Gasteiger partial charge is 0.390 e. The van der Waals surface area contributed by atoms with Crippen LogP contribution in [0.2, 0.25) is 0 Å². The summed E-state index contributed by atoms with van der Waals surface area (Å²) in [6.45, 7) is 1.78. The van der Waals surface area contributed by atoms with Crippen LogP contribution < -0.4 is 5.73 Å². The number of β-amino-alcohol motifs (C(OH)–C–C–N with tert-alkyl or cyclic N) is 1. The number of benzene rings is 2. The minimum Gasteiger partial charge on any atom is -0.390 e. The number of hydrogen-bond donors (Lipinski definition) is 3. The van der Waals surface area contributed by atoms with E-state index in [1.54, 1.807) is 35.1 Å². The Kier molecular flexibility index (Phi) is 8.79. The smallest absolute Gasteiger partial charge is 0.320 e. The van der Waals surface area contributed by atoms with E-state index in [4.69, 9.17) is 10.5 Å². The lowest BCUT2D eigenvalue weighted by Gasteiger charge is -2.44. The number of aliphatic hydroxyl groups excluding tert-OH is 1. The van der Waals surface area contributed by atoms with Crippen LogP contribution in [0, 0.1) is 17.6 Å². The molecule has 2 heterocycles. The number of hydrogen-bond acceptors (Lipinski definition) is 5. The van der Waals surface area contributed by atoms with Crippen molar-refractivity contribution in [3.63, 3.8) is 0 Å². The Morgan fingerprint density at radius 1 is 1.14 bits per heavy atom. The number of aliphatic hydroxyl groups is 2. The third-order valence-corrected chi connectivity index (χ3v) is 7.72. The molecule has 0 radical (unpaired) electrons. The summed E-state index contributed by atoms with van der Waals surface area (Å²) in [4.78, 5) is 16.5. The first-order valence-corrected chi connectivity index (χ1v) is 13.0. The fourth-order valence-electron chi connectivity index (χ4n) is 5.73. The first kappa shape index (κ1) is 27.4. The van der Waals surface area contributed by atoms with Gasteiger partial charge in [0.25, 0.3) is 0 Å². The second-order valence-electron chi connectivity index (χ2n) is 10.3. The lowest BCUT2D eigenvalue weighted by molar-refractivity contribution is -0.0573. The summed E-state index contributed by atoms with van der Waals surface area (Å²) in [5.74, 6) is -1.40. The van der Waals surface area contributed by atoms with Crippen LogP contribution in [0.3, 0.4) is 0 Å². The molecule has 202 valence electrons. The molecule has 37 heavy (non-hydrogen) atoms. The Balaban J connectivity index is 1.68. The average Bonchev–Trinajstić information content (AvgIpc) is 3.23. The Morgan fingerprint density at radius 3 is 2.62 bits per heavy atom. The van der Waals surface area contributed by atoms with Gasteiger partial charge in [-0.05, 0) is 61.4 Å². The Morgan fingerprint density at radius 2 is 1.92 bits per heavy atom. The van der Waals surface area contributed by atoms with Crippen molar-refractivity contribution in [3.05, 3.63) is 59.7 Å². The van der Waals surface area contributed by atoms with Crippen LogP contribution in [0.15, 0.2) is 42.5 Å². The molecule has 2 amide bonds. The lowest BCUT2D eigenvalue weighted by Crippen LogP contribution is -2.52. The van der Waals surface area contributed by atoms with Crippen molar-refractivity contribution in [1.29, 1.82) is 0 Å². The molecule has 0 spiro atoms. The third-order valence-electron chi connectivity index (χ3n) is 7.72. The Labute approximate surface area is 216 Å². The van der Waals surface area contributed by atoms with Gasteiger partial charge < -0.3 is 30.5 Å². The number of rotatable bonds is 8. The van der Waals surface area contributed by atoms with Gasteiger partial charge >= 0.3 is 6.03 Å². The predicted molar refractivity (Wildman–Crippen MR) is 137 cm³/mol. The van der Waals surface area contributed by atoms with Crippen molar-refractivity contribution in [2.24, 2.45) is 11.7 Å². The maximum absolute atomic E-state index is 15.3. The monoisotopic (exact) mass is 517 g/mol. The Bertz CT molecular complexity index is 1080. The van der Waals surface area contributed by atoms with Crippen molar-refractivity contribution in [2.75, 3.05) is 39.9 Å². The van der Waals surface area contributed by atoms with E-state index in [0.717, 1.165) is 0 Å². The highest BCUT2D eigenvalue weighted by Crippen LogP contribution is 2.44. The fourth-order valence-corrected chi connectivity index (χ4v) is 5.73. The molecule has 4 unspecified atom stereocenters. The van der Waals surface area contributed by atoms with Gasteiger partial charge in [0.2, 0.25) is 0 Å². The van der Waals surface area contributed by atoms with E-state index in [1.807, 2.05) is 0 Å². The van der Waals surface area contributed by atoms with Gasteiger partial charge in [0.15, 0.2) is 0 Å². The normalized spacial score (nSPS) is 23.8. The summed E-state index contributed by atoms with van der Waals surface area (Å²) in [5.41, 5.74) is 5.37. The van der Waals surface area contributed by atoms with E-state index < -0.39 is 29.4 Å². The number of amides is 2. The second kappa shape index (κ2) is 11.9. The SMILES string of the molecule is COCCCCC(O)(c1cccc(F)c1-c1cccc(F)c1)C1CCCN(C(=O)N2CC(N)C(O)C2)C1. The maximum Gasteiger partial charge on any atom is 0.320 e. The van der Waals surface area contributed by atoms with Crippen molar-refractivity contribution in [1.82, 2.24) is 9.80 Å². The van der Waals surface area contributed by atoms with Crippen LogP contribution in [0.1, 0.15) is 37.7 Å². The molecule has 0 aromatic heterocycles. The summed E-state index contributed by atoms with van der Waals surface area (Å²) < 4.78 is 34.6. The predicted octanol–water partition coefficient (Wildman–Crippen LogP) is 3.47. The minimum atomic E-state index is -1.46. The van der Waals surface area contributed by atoms with Crippen molar-refractivity contribution < 1.29 is 28.5 Å². The van der Waals surface area contributed by atoms with Gasteiger partial charge in [0, 0.05) is 57.4 Å². The molecule has 0 aliphatic carbocycles. The highest BCUT2D eigenvalue weighted by atomic mass is 19.1. The Hall–Kier alpha value is -2.59. The fraction of sp³-hybridized carbons (Fsp3) is 0.536. The van der Waals surface area contributed by atoms with Gasteiger partial charge in [-0.1, -0.05) is 24.3 Å². The number of likely N-dealkylation sites (tertiary alicyclic amines) is 2. The van der Waals surface area contributed by atoms with Gasteiger partial charge in [0.05, 0.1) is 11.7 Å². The minimum absolute atomic E-state index is 0.174. The van der Waals surface area contributed by atoms with Crippen LogP contribution in [-0.4, -0.2) is 78.1 Å². The van der Waals surface area contributed by atoms with Gasteiger partial charge in [0.1, 0.15) is 11.6 Å². The number of carbonyl (C=O) groups excluding carboxylic acids is 1. The molecule has 0 bridgehead atoms. The van der Waals surface area contributed by atoms with E-state index in [1.165, 1.54) is 24.3 Å². The average molecular weight is 518 g/mol. The van der Waals surface area contributed by atoms with Gasteiger partial charge in [-0.2, -0.15) is 0 Å². The molecule has 2 aliphatic rings. The zero-order chi connectivity index (χ0) is 26.6. The van der Waals surface area contributed by atoms with Crippen molar-refractivity contribution in [3.8, 4) is 11.1 Å². The third kappa shape index (κ3) is 5.95. The lowest BCUT2D eigenvalue weighted by atomic mass is 9.72. The van der Waals surface area contributed by atoms with Crippen molar-refractivity contribution >= 4 is 6.03 Å². The molecule has 4 atom stereocenters.